The lowest BCUT2D eigenvalue weighted by Gasteiger charge is -2.14. The number of amides is 2. The number of methoxy groups -OCH3 is 1. The molecule has 0 saturated heterocycles. The summed E-state index contributed by atoms with van der Waals surface area (Å²) >= 11 is 0. The first-order valence-corrected chi connectivity index (χ1v) is 7.34. The van der Waals surface area contributed by atoms with Crippen molar-refractivity contribution in [2.75, 3.05) is 21.2 Å². The molecule has 0 fully saturated rings. The second-order valence-corrected chi connectivity index (χ2v) is 5.39. The average molecular weight is 328 g/mol. The first-order chi connectivity index (χ1) is 11.4. The molecule has 0 aliphatic heterocycles. The quantitative estimate of drug-likeness (QED) is 0.880. The third-order valence-corrected chi connectivity index (χ3v) is 3.43. The molecule has 0 heterocycles. The SMILES string of the molecule is COc1cccc(C(N)=O)c1OCc1cccc(C(=O)N(C)C)c1. The Morgan fingerprint density at radius 3 is 2.46 bits per heavy atom. The van der Waals surface area contributed by atoms with E-state index in [0.717, 1.165) is 5.56 Å². The Morgan fingerprint density at radius 1 is 1.12 bits per heavy atom. The molecule has 2 aromatic rings. The fourth-order valence-electron chi connectivity index (χ4n) is 2.23. The lowest BCUT2D eigenvalue weighted by atomic mass is 10.1. The van der Waals surface area contributed by atoms with E-state index >= 15 is 0 Å². The normalized spacial score (nSPS) is 10.1. The van der Waals surface area contributed by atoms with Crippen molar-refractivity contribution in [1.29, 1.82) is 0 Å². The molecular formula is C18H20N2O4. The molecule has 6 nitrogen and oxygen atoms in total. The van der Waals surface area contributed by atoms with Gasteiger partial charge in [-0.3, -0.25) is 9.59 Å². The summed E-state index contributed by atoms with van der Waals surface area (Å²) in [6.07, 6.45) is 0. The third-order valence-electron chi connectivity index (χ3n) is 3.43. The van der Waals surface area contributed by atoms with Crippen LogP contribution in [0.15, 0.2) is 42.5 Å². The van der Waals surface area contributed by atoms with Crippen LogP contribution in [-0.4, -0.2) is 37.9 Å². The number of primary amides is 1. The molecule has 0 radical (unpaired) electrons. The summed E-state index contributed by atoms with van der Waals surface area (Å²) in [6, 6.07) is 12.0. The summed E-state index contributed by atoms with van der Waals surface area (Å²) in [4.78, 5) is 25.1. The zero-order valence-corrected chi connectivity index (χ0v) is 13.9. The van der Waals surface area contributed by atoms with Gasteiger partial charge in [-0.1, -0.05) is 18.2 Å². The molecule has 24 heavy (non-hydrogen) atoms. The van der Waals surface area contributed by atoms with Crippen LogP contribution in [0.5, 0.6) is 11.5 Å². The predicted molar refractivity (Wildman–Crippen MR) is 90.3 cm³/mol. The minimum atomic E-state index is -0.597. The van der Waals surface area contributed by atoms with Crippen molar-refractivity contribution in [3.8, 4) is 11.5 Å². The number of nitrogens with two attached hydrogens (primary N) is 1. The molecule has 126 valence electrons. The molecule has 0 aliphatic rings. The molecule has 0 unspecified atom stereocenters. The van der Waals surface area contributed by atoms with Gasteiger partial charge in [0.05, 0.1) is 12.7 Å². The monoisotopic (exact) mass is 328 g/mol. The van der Waals surface area contributed by atoms with Crippen LogP contribution in [-0.2, 0) is 6.61 Å². The molecule has 2 N–H and O–H groups in total. The first kappa shape index (κ1) is 17.3. The Kier molecular flexibility index (Phi) is 5.42. The Balaban J connectivity index is 2.24. The maximum absolute atomic E-state index is 12.0. The molecule has 0 atom stereocenters. The molecule has 0 aromatic heterocycles. The highest BCUT2D eigenvalue weighted by Crippen LogP contribution is 2.31. The van der Waals surface area contributed by atoms with E-state index in [1.165, 1.54) is 12.0 Å². The van der Waals surface area contributed by atoms with Crippen LogP contribution >= 0.6 is 0 Å². The van der Waals surface area contributed by atoms with Crippen molar-refractivity contribution < 1.29 is 19.1 Å². The number of para-hydroxylation sites is 1. The minimum Gasteiger partial charge on any atom is -0.493 e. The summed E-state index contributed by atoms with van der Waals surface area (Å²) in [6.45, 7) is 0.176. The maximum Gasteiger partial charge on any atom is 0.253 e. The molecule has 2 rings (SSSR count). The summed E-state index contributed by atoms with van der Waals surface area (Å²) in [5.41, 5.74) is 6.99. The highest BCUT2D eigenvalue weighted by atomic mass is 16.5. The topological polar surface area (TPSA) is 81.9 Å². The van der Waals surface area contributed by atoms with E-state index in [0.29, 0.717) is 11.3 Å². The number of carbonyl (C=O) groups excluding carboxylic acids is 2. The van der Waals surface area contributed by atoms with Crippen molar-refractivity contribution in [1.82, 2.24) is 4.90 Å². The van der Waals surface area contributed by atoms with Crippen LogP contribution in [0.2, 0.25) is 0 Å². The first-order valence-electron chi connectivity index (χ1n) is 7.34. The van der Waals surface area contributed by atoms with Gasteiger partial charge in [-0.05, 0) is 29.8 Å². The van der Waals surface area contributed by atoms with Crippen molar-refractivity contribution in [2.45, 2.75) is 6.61 Å². The Morgan fingerprint density at radius 2 is 1.83 bits per heavy atom. The molecule has 0 bridgehead atoms. The predicted octanol–water partition coefficient (Wildman–Crippen LogP) is 2.07. The highest BCUT2D eigenvalue weighted by molar-refractivity contribution is 5.96. The van der Waals surface area contributed by atoms with Crippen molar-refractivity contribution >= 4 is 11.8 Å². The van der Waals surface area contributed by atoms with Gasteiger partial charge in [0.15, 0.2) is 11.5 Å². The van der Waals surface area contributed by atoms with E-state index in [2.05, 4.69) is 0 Å². The summed E-state index contributed by atoms with van der Waals surface area (Å²) in [7, 11) is 4.88. The number of rotatable bonds is 6. The van der Waals surface area contributed by atoms with Gasteiger partial charge < -0.3 is 20.1 Å². The number of ether oxygens (including phenoxy) is 2. The standard InChI is InChI=1S/C18H20N2O4/c1-20(2)18(22)13-7-4-6-12(10-13)11-24-16-14(17(19)21)8-5-9-15(16)23-3/h4-10H,11H2,1-3H3,(H2,19,21). The summed E-state index contributed by atoms with van der Waals surface area (Å²) in [5, 5.41) is 0. The van der Waals surface area contributed by atoms with Crippen LogP contribution in [0.3, 0.4) is 0 Å². The Labute approximate surface area is 140 Å². The molecule has 0 aliphatic carbocycles. The van der Waals surface area contributed by atoms with Crippen LogP contribution in [0.1, 0.15) is 26.3 Å². The number of carbonyl (C=O) groups is 2. The summed E-state index contributed by atoms with van der Waals surface area (Å²) in [5.74, 6) is 0.0241. The van der Waals surface area contributed by atoms with E-state index in [4.69, 9.17) is 15.2 Å². The molecule has 0 spiro atoms. The number of hydrogen-bond donors (Lipinski definition) is 1. The largest absolute Gasteiger partial charge is 0.493 e. The average Bonchev–Trinajstić information content (AvgIpc) is 2.58. The second kappa shape index (κ2) is 7.50. The van der Waals surface area contributed by atoms with Gasteiger partial charge >= 0.3 is 0 Å². The van der Waals surface area contributed by atoms with E-state index in [1.807, 2.05) is 6.07 Å². The van der Waals surface area contributed by atoms with Gasteiger partial charge in [0.25, 0.3) is 11.8 Å². The molecular weight excluding hydrogens is 308 g/mol. The number of hydrogen-bond acceptors (Lipinski definition) is 4. The number of nitrogens with zero attached hydrogens (tertiary/aromatic N) is 1. The molecule has 6 heteroatoms. The van der Waals surface area contributed by atoms with Crippen LogP contribution in [0, 0.1) is 0 Å². The van der Waals surface area contributed by atoms with Crippen LogP contribution in [0.25, 0.3) is 0 Å². The van der Waals surface area contributed by atoms with Crippen molar-refractivity contribution in [2.24, 2.45) is 5.73 Å². The van der Waals surface area contributed by atoms with Crippen LogP contribution in [0.4, 0.5) is 0 Å². The van der Waals surface area contributed by atoms with Crippen LogP contribution < -0.4 is 15.2 Å². The van der Waals surface area contributed by atoms with E-state index in [1.54, 1.807) is 50.5 Å². The van der Waals surface area contributed by atoms with Gasteiger partial charge in [-0.2, -0.15) is 0 Å². The Hall–Kier alpha value is -3.02. The molecule has 2 aromatic carbocycles. The van der Waals surface area contributed by atoms with Gasteiger partial charge in [0, 0.05) is 19.7 Å². The van der Waals surface area contributed by atoms with Crippen molar-refractivity contribution in [3.05, 3.63) is 59.2 Å². The van der Waals surface area contributed by atoms with E-state index in [9.17, 15) is 9.59 Å². The third kappa shape index (κ3) is 3.84. The molecule has 2 amide bonds. The zero-order valence-electron chi connectivity index (χ0n) is 13.9. The Bertz CT molecular complexity index is 756. The smallest absolute Gasteiger partial charge is 0.253 e. The summed E-state index contributed by atoms with van der Waals surface area (Å²) < 4.78 is 11.0. The van der Waals surface area contributed by atoms with E-state index < -0.39 is 5.91 Å². The maximum atomic E-state index is 12.0. The minimum absolute atomic E-state index is 0.0908. The fourth-order valence-corrected chi connectivity index (χ4v) is 2.23. The lowest BCUT2D eigenvalue weighted by molar-refractivity contribution is 0.0827. The zero-order chi connectivity index (χ0) is 17.7. The van der Waals surface area contributed by atoms with Gasteiger partial charge in [-0.25, -0.2) is 0 Å². The highest BCUT2D eigenvalue weighted by Gasteiger charge is 2.15. The van der Waals surface area contributed by atoms with Gasteiger partial charge in [0.2, 0.25) is 0 Å². The van der Waals surface area contributed by atoms with Crippen molar-refractivity contribution in [3.63, 3.8) is 0 Å². The van der Waals surface area contributed by atoms with Gasteiger partial charge in [0.1, 0.15) is 6.61 Å². The lowest BCUT2D eigenvalue weighted by Crippen LogP contribution is -2.21. The number of benzene rings is 2. The fraction of sp³-hybridized carbons (Fsp3) is 0.222. The van der Waals surface area contributed by atoms with E-state index in [-0.39, 0.29) is 23.8 Å². The van der Waals surface area contributed by atoms with Gasteiger partial charge in [-0.15, -0.1) is 0 Å². The second-order valence-electron chi connectivity index (χ2n) is 5.39. The molecule has 0 saturated carbocycles.